The second kappa shape index (κ2) is 8.86. The lowest BCUT2D eigenvalue weighted by molar-refractivity contribution is 0.101. The van der Waals surface area contributed by atoms with Crippen LogP contribution in [0.25, 0.3) is 0 Å². The molecule has 1 N–H and O–H groups in total. The van der Waals surface area contributed by atoms with Crippen LogP contribution in [0.15, 0.2) is 78.6 Å². The number of hydrogen-bond donors (Lipinski definition) is 1. The number of rotatable bonds is 6. The molecular weight excluding hydrogens is 404 g/mol. The van der Waals surface area contributed by atoms with Crippen LogP contribution in [0.1, 0.15) is 58.4 Å². The van der Waals surface area contributed by atoms with Gasteiger partial charge in [-0.3, -0.25) is 15.1 Å². The average Bonchev–Trinajstić information content (AvgIpc) is 3.56. The maximum Gasteiger partial charge on any atom is 0.274 e. The van der Waals surface area contributed by atoms with E-state index in [2.05, 4.69) is 46.0 Å². The zero-order valence-corrected chi connectivity index (χ0v) is 18.0. The number of carbonyl (C=O) groups is 1. The molecule has 3 heterocycles. The van der Waals surface area contributed by atoms with E-state index < -0.39 is 0 Å². The van der Waals surface area contributed by atoms with E-state index >= 15 is 0 Å². The Hall–Kier alpha value is -3.25. The largest absolute Gasteiger partial charge is 0.339 e. The Kier molecular flexibility index (Phi) is 5.63. The van der Waals surface area contributed by atoms with Gasteiger partial charge in [0.2, 0.25) is 0 Å². The number of anilines is 1. The van der Waals surface area contributed by atoms with Gasteiger partial charge in [0, 0.05) is 36.4 Å². The Labute approximate surface area is 185 Å². The van der Waals surface area contributed by atoms with E-state index in [-0.39, 0.29) is 5.91 Å². The Bertz CT molecular complexity index is 1150. The molecule has 156 valence electrons. The first kappa shape index (κ1) is 19.7. The molecule has 2 atom stereocenters. The van der Waals surface area contributed by atoms with Gasteiger partial charge in [-0.1, -0.05) is 30.3 Å². The van der Waals surface area contributed by atoms with Crippen molar-refractivity contribution in [1.82, 2.24) is 14.5 Å². The fourth-order valence-electron chi connectivity index (χ4n) is 4.41. The number of hydrogen-bond acceptors (Lipinski definition) is 4. The van der Waals surface area contributed by atoms with Crippen molar-refractivity contribution in [3.63, 3.8) is 0 Å². The third kappa shape index (κ3) is 4.44. The molecule has 31 heavy (non-hydrogen) atoms. The predicted molar refractivity (Wildman–Crippen MR) is 124 cm³/mol. The van der Waals surface area contributed by atoms with E-state index in [0.717, 1.165) is 24.1 Å². The van der Waals surface area contributed by atoms with Crippen LogP contribution >= 0.6 is 11.3 Å². The number of benzene rings is 1. The monoisotopic (exact) mass is 428 g/mol. The topological polar surface area (TPSA) is 59.8 Å². The fraction of sp³-hybridized carbons (Fsp3) is 0.240. The third-order valence-electron chi connectivity index (χ3n) is 6.03. The summed E-state index contributed by atoms with van der Waals surface area (Å²) in [7, 11) is 0. The summed E-state index contributed by atoms with van der Waals surface area (Å²) in [4.78, 5) is 21.7. The van der Waals surface area contributed by atoms with Crippen LogP contribution in [0.2, 0.25) is 0 Å². The van der Waals surface area contributed by atoms with Gasteiger partial charge in [0.1, 0.15) is 5.69 Å². The molecule has 4 aromatic rings. The summed E-state index contributed by atoms with van der Waals surface area (Å²) in [5, 5.41) is 5.76. The molecule has 5 nitrogen and oxygen atoms in total. The van der Waals surface area contributed by atoms with E-state index in [4.69, 9.17) is 4.98 Å². The quantitative estimate of drug-likeness (QED) is 0.429. The highest BCUT2D eigenvalue weighted by Crippen LogP contribution is 2.44. The van der Waals surface area contributed by atoms with E-state index in [1.54, 1.807) is 12.4 Å². The normalized spacial score (nSPS) is 18.2. The first-order valence-corrected chi connectivity index (χ1v) is 11.5. The van der Waals surface area contributed by atoms with Crippen molar-refractivity contribution in [1.29, 1.82) is 0 Å². The van der Waals surface area contributed by atoms with Crippen LogP contribution in [0.5, 0.6) is 0 Å². The van der Waals surface area contributed by atoms with Gasteiger partial charge in [-0.25, -0.2) is 4.98 Å². The number of thiazole rings is 1. The van der Waals surface area contributed by atoms with Crippen molar-refractivity contribution < 1.29 is 4.79 Å². The zero-order chi connectivity index (χ0) is 21.0. The lowest BCUT2D eigenvalue weighted by Crippen LogP contribution is -2.17. The summed E-state index contributed by atoms with van der Waals surface area (Å²) in [5.74, 6) is 0.929. The second-order valence-electron chi connectivity index (χ2n) is 8.03. The van der Waals surface area contributed by atoms with Gasteiger partial charge in [-0.05, 0) is 60.6 Å². The molecule has 0 bridgehead atoms. The highest BCUT2D eigenvalue weighted by Gasteiger charge is 2.28. The van der Waals surface area contributed by atoms with Crippen molar-refractivity contribution in [2.24, 2.45) is 0 Å². The number of pyridine rings is 1. The highest BCUT2D eigenvalue weighted by atomic mass is 32.1. The van der Waals surface area contributed by atoms with Crippen LogP contribution < -0.4 is 5.32 Å². The molecule has 1 aromatic carbocycles. The number of nitrogens with zero attached hydrogens (tertiary/aromatic N) is 3. The summed E-state index contributed by atoms with van der Waals surface area (Å²) < 4.78 is 1.95. The highest BCUT2D eigenvalue weighted by molar-refractivity contribution is 7.14. The summed E-state index contributed by atoms with van der Waals surface area (Å²) >= 11 is 1.51. The SMILES string of the molecule is O=C(Nc1nc([C@H]2CC[C@@H](c3ccccc3)C2)cs1)c1cccn1Cc1ccncc1. The van der Waals surface area contributed by atoms with Gasteiger partial charge >= 0.3 is 0 Å². The predicted octanol–water partition coefficient (Wildman–Crippen LogP) is 5.69. The Morgan fingerprint density at radius 1 is 1.03 bits per heavy atom. The van der Waals surface area contributed by atoms with Gasteiger partial charge < -0.3 is 4.57 Å². The first-order chi connectivity index (χ1) is 15.3. The molecule has 1 amide bonds. The van der Waals surface area contributed by atoms with Crippen molar-refractivity contribution >= 4 is 22.4 Å². The first-order valence-electron chi connectivity index (χ1n) is 10.6. The molecule has 1 saturated carbocycles. The van der Waals surface area contributed by atoms with Gasteiger partial charge in [0.05, 0.1) is 5.69 Å². The molecular formula is C25H24N4OS. The summed E-state index contributed by atoms with van der Waals surface area (Å²) in [6.45, 7) is 0.629. The maximum absolute atomic E-state index is 12.9. The fourth-order valence-corrected chi connectivity index (χ4v) is 5.20. The van der Waals surface area contributed by atoms with Crippen molar-refractivity contribution in [3.8, 4) is 0 Å². The van der Waals surface area contributed by atoms with Crippen LogP contribution in [0.4, 0.5) is 5.13 Å². The Morgan fingerprint density at radius 3 is 2.68 bits per heavy atom. The Balaban J connectivity index is 1.24. The van der Waals surface area contributed by atoms with E-state index in [1.165, 1.54) is 23.3 Å². The number of carbonyl (C=O) groups excluding carboxylic acids is 1. The molecule has 1 aliphatic rings. The molecule has 0 saturated heterocycles. The number of amides is 1. The van der Waals surface area contributed by atoms with E-state index in [1.807, 2.05) is 35.0 Å². The van der Waals surface area contributed by atoms with E-state index in [0.29, 0.717) is 29.2 Å². The van der Waals surface area contributed by atoms with Crippen LogP contribution in [-0.2, 0) is 6.54 Å². The molecule has 6 heteroatoms. The minimum Gasteiger partial charge on any atom is -0.339 e. The van der Waals surface area contributed by atoms with Crippen LogP contribution in [-0.4, -0.2) is 20.4 Å². The van der Waals surface area contributed by atoms with Crippen molar-refractivity contribution in [3.05, 3.63) is 101 Å². The summed E-state index contributed by atoms with van der Waals surface area (Å²) in [6.07, 6.45) is 8.91. The number of aromatic nitrogens is 3. The average molecular weight is 429 g/mol. The van der Waals surface area contributed by atoms with Crippen molar-refractivity contribution in [2.75, 3.05) is 5.32 Å². The Morgan fingerprint density at radius 2 is 1.84 bits per heavy atom. The van der Waals surface area contributed by atoms with Gasteiger partial charge in [-0.2, -0.15) is 0 Å². The number of nitrogens with one attached hydrogen (secondary N) is 1. The zero-order valence-electron chi connectivity index (χ0n) is 17.1. The molecule has 0 unspecified atom stereocenters. The maximum atomic E-state index is 12.9. The smallest absolute Gasteiger partial charge is 0.274 e. The van der Waals surface area contributed by atoms with Gasteiger partial charge in [0.15, 0.2) is 5.13 Å². The third-order valence-corrected chi connectivity index (χ3v) is 6.80. The molecule has 5 rings (SSSR count). The van der Waals surface area contributed by atoms with Gasteiger partial charge in [0.25, 0.3) is 5.91 Å². The molecule has 3 aromatic heterocycles. The molecule has 0 radical (unpaired) electrons. The lowest BCUT2D eigenvalue weighted by Gasteiger charge is -2.10. The standard InChI is InChI=1S/C25H24N4OS/c30-24(23-7-4-14-29(23)16-18-10-12-26-13-11-18)28-25-27-22(17-31-25)21-9-8-20(15-21)19-5-2-1-3-6-19/h1-7,10-14,17,20-21H,8-9,15-16H2,(H,27,28,30)/t20-,21+/m1/s1. The van der Waals surface area contributed by atoms with Crippen LogP contribution in [0.3, 0.4) is 0 Å². The second-order valence-corrected chi connectivity index (χ2v) is 8.88. The molecule has 0 aliphatic heterocycles. The van der Waals surface area contributed by atoms with Gasteiger partial charge in [-0.15, -0.1) is 11.3 Å². The van der Waals surface area contributed by atoms with Crippen LogP contribution in [0, 0.1) is 0 Å². The molecule has 1 fully saturated rings. The summed E-state index contributed by atoms with van der Waals surface area (Å²) in [5.41, 5.74) is 4.25. The molecule has 1 aliphatic carbocycles. The van der Waals surface area contributed by atoms with E-state index in [9.17, 15) is 4.79 Å². The minimum absolute atomic E-state index is 0.131. The summed E-state index contributed by atoms with van der Waals surface area (Å²) in [6, 6.07) is 18.4. The lowest BCUT2D eigenvalue weighted by atomic mass is 9.96. The van der Waals surface area contributed by atoms with Crippen molar-refractivity contribution in [2.45, 2.75) is 37.6 Å². The molecule has 0 spiro atoms. The minimum atomic E-state index is -0.131.